The topological polar surface area (TPSA) is 107 Å². The van der Waals surface area contributed by atoms with Crippen molar-refractivity contribution in [2.24, 2.45) is 0 Å². The first-order valence-electron chi connectivity index (χ1n) is 22.2. The lowest BCUT2D eigenvalue weighted by molar-refractivity contribution is -0.870. The number of esters is 1. The Labute approximate surface area is 332 Å². The van der Waals surface area contributed by atoms with Gasteiger partial charge in [0, 0.05) is 6.42 Å². The minimum absolute atomic E-state index is 0.0125. The standard InChI is InChI=1S/C44H84NO8P/c1-6-8-10-11-12-13-14-15-16-17-18-19-22-25-28-32-37-49-39-41(40-51-54(47,48)50-38-36-45(3,4)5)52-44(46)35-31-27-24-21-20-23-26-30-34-43-42(53-43)33-29-9-7-2/h26,30,32,37,41-43H,6-25,27-29,31,33-36,38-40H2,1-5H3/b30-26-,37-32+/t41-,42?,43?/m1/s1. The molecule has 0 N–H and O–H groups in total. The van der Waals surface area contributed by atoms with Gasteiger partial charge in [-0.25, -0.2) is 0 Å². The van der Waals surface area contributed by atoms with E-state index in [0.717, 1.165) is 57.8 Å². The molecule has 1 fully saturated rings. The molecule has 54 heavy (non-hydrogen) atoms. The van der Waals surface area contributed by atoms with Crippen LogP contribution in [-0.4, -0.2) is 76.3 Å². The summed E-state index contributed by atoms with van der Waals surface area (Å²) in [6.07, 6.45) is 40.2. The molecule has 0 aromatic heterocycles. The second-order valence-electron chi connectivity index (χ2n) is 16.5. The molecule has 0 spiro atoms. The molecular formula is C44H84NO8P. The Morgan fingerprint density at radius 1 is 0.685 bits per heavy atom. The zero-order valence-electron chi connectivity index (χ0n) is 35.6. The monoisotopic (exact) mass is 786 g/mol. The summed E-state index contributed by atoms with van der Waals surface area (Å²) in [6.45, 7) is 4.69. The quantitative estimate of drug-likeness (QED) is 0.0115. The predicted molar refractivity (Wildman–Crippen MR) is 221 cm³/mol. The maximum atomic E-state index is 12.7. The zero-order chi connectivity index (χ0) is 39.6. The number of allylic oxidation sites excluding steroid dienone is 2. The highest BCUT2D eigenvalue weighted by atomic mass is 31.2. The van der Waals surface area contributed by atoms with Crippen LogP contribution in [0.1, 0.15) is 187 Å². The van der Waals surface area contributed by atoms with Gasteiger partial charge in [-0.3, -0.25) is 9.36 Å². The molecular weight excluding hydrogens is 701 g/mol. The minimum Gasteiger partial charge on any atom is -0.756 e. The fourth-order valence-corrected chi connectivity index (χ4v) is 7.13. The molecule has 1 aliphatic heterocycles. The highest BCUT2D eigenvalue weighted by Gasteiger charge is 2.36. The number of phosphoric ester groups is 1. The first-order valence-corrected chi connectivity index (χ1v) is 23.7. The number of quaternary nitrogens is 1. The Kier molecular flexibility index (Phi) is 31.9. The van der Waals surface area contributed by atoms with Crippen molar-refractivity contribution in [1.82, 2.24) is 0 Å². The normalized spacial score (nSPS) is 17.7. The van der Waals surface area contributed by atoms with Gasteiger partial charge in [0.15, 0.2) is 6.10 Å². The number of unbranched alkanes of at least 4 members (excludes halogenated alkanes) is 21. The highest BCUT2D eigenvalue weighted by Crippen LogP contribution is 2.38. The maximum absolute atomic E-state index is 12.7. The van der Waals surface area contributed by atoms with Gasteiger partial charge in [0.25, 0.3) is 7.82 Å². The molecule has 10 heteroatoms. The van der Waals surface area contributed by atoms with Gasteiger partial charge in [-0.2, -0.15) is 0 Å². The van der Waals surface area contributed by atoms with Gasteiger partial charge in [-0.05, 0) is 51.0 Å². The van der Waals surface area contributed by atoms with Crippen LogP contribution in [0, 0.1) is 0 Å². The first-order chi connectivity index (χ1) is 26.1. The molecule has 0 saturated carbocycles. The van der Waals surface area contributed by atoms with E-state index in [4.69, 9.17) is 23.3 Å². The second-order valence-corrected chi connectivity index (χ2v) is 17.9. The van der Waals surface area contributed by atoms with Gasteiger partial charge in [0.05, 0.1) is 46.2 Å². The third-order valence-electron chi connectivity index (χ3n) is 9.99. The van der Waals surface area contributed by atoms with Crippen LogP contribution in [0.3, 0.4) is 0 Å². The van der Waals surface area contributed by atoms with Gasteiger partial charge < -0.3 is 32.6 Å². The number of carbonyl (C=O) groups is 1. The molecule has 1 aliphatic rings. The molecule has 1 rings (SSSR count). The molecule has 9 nitrogen and oxygen atoms in total. The molecule has 0 aromatic rings. The van der Waals surface area contributed by atoms with E-state index in [2.05, 4.69) is 26.0 Å². The minimum atomic E-state index is -4.54. The molecule has 318 valence electrons. The average Bonchev–Trinajstić information content (AvgIpc) is 3.87. The van der Waals surface area contributed by atoms with Gasteiger partial charge in [-0.1, -0.05) is 148 Å². The SMILES string of the molecule is CCCCCCCCCCCCCCCC/C=C/OC[C@H](COP(=O)([O-])OCC[N+](C)(C)C)OC(=O)CCCCCCC/C=C\CC1OC1CCCCC. The fourth-order valence-electron chi connectivity index (χ4n) is 6.40. The summed E-state index contributed by atoms with van der Waals surface area (Å²) in [4.78, 5) is 25.0. The van der Waals surface area contributed by atoms with Crippen molar-refractivity contribution in [3.8, 4) is 0 Å². The van der Waals surface area contributed by atoms with Gasteiger partial charge in [0.2, 0.25) is 0 Å². The van der Waals surface area contributed by atoms with E-state index in [1.165, 1.54) is 109 Å². The van der Waals surface area contributed by atoms with Crippen LogP contribution >= 0.6 is 7.82 Å². The van der Waals surface area contributed by atoms with Crippen molar-refractivity contribution in [2.75, 3.05) is 47.5 Å². The number of nitrogens with zero attached hydrogens (tertiary/aromatic N) is 1. The number of rotatable bonds is 40. The third kappa shape index (κ3) is 34.1. The van der Waals surface area contributed by atoms with Crippen LogP contribution in [0.5, 0.6) is 0 Å². The van der Waals surface area contributed by atoms with E-state index in [1.807, 2.05) is 27.2 Å². The lowest BCUT2D eigenvalue weighted by atomic mass is 10.0. The summed E-state index contributed by atoms with van der Waals surface area (Å²) in [5, 5.41) is 0. The van der Waals surface area contributed by atoms with Crippen LogP contribution in [0.4, 0.5) is 0 Å². The number of hydrogen-bond acceptors (Lipinski definition) is 8. The van der Waals surface area contributed by atoms with Crippen LogP contribution in [0.25, 0.3) is 0 Å². The number of likely N-dealkylation sites (N-methyl/N-ethyl adjacent to an activating group) is 1. The summed E-state index contributed by atoms with van der Waals surface area (Å²) in [7, 11) is 1.31. The molecule has 0 radical (unpaired) electrons. The lowest BCUT2D eigenvalue weighted by Gasteiger charge is -2.28. The summed E-state index contributed by atoms with van der Waals surface area (Å²) in [5.41, 5.74) is 0. The summed E-state index contributed by atoms with van der Waals surface area (Å²) in [6, 6.07) is 0. The largest absolute Gasteiger partial charge is 0.756 e. The van der Waals surface area contributed by atoms with Crippen molar-refractivity contribution in [1.29, 1.82) is 0 Å². The molecule has 3 unspecified atom stereocenters. The van der Waals surface area contributed by atoms with E-state index in [1.54, 1.807) is 6.26 Å². The van der Waals surface area contributed by atoms with E-state index in [-0.39, 0.29) is 32.2 Å². The van der Waals surface area contributed by atoms with Gasteiger partial charge in [0.1, 0.15) is 19.8 Å². The van der Waals surface area contributed by atoms with E-state index in [0.29, 0.717) is 23.2 Å². The smallest absolute Gasteiger partial charge is 0.306 e. The number of epoxide rings is 1. The molecule has 1 heterocycles. The zero-order valence-corrected chi connectivity index (χ0v) is 36.5. The molecule has 0 aliphatic carbocycles. The number of hydrogen-bond donors (Lipinski definition) is 0. The molecule has 0 bridgehead atoms. The highest BCUT2D eigenvalue weighted by molar-refractivity contribution is 7.45. The lowest BCUT2D eigenvalue weighted by Crippen LogP contribution is -2.37. The molecule has 4 atom stereocenters. The molecule has 0 aromatic carbocycles. The average molecular weight is 786 g/mol. The first kappa shape index (κ1) is 50.8. The van der Waals surface area contributed by atoms with E-state index >= 15 is 0 Å². The number of ether oxygens (including phenoxy) is 3. The van der Waals surface area contributed by atoms with Crippen LogP contribution in [0.15, 0.2) is 24.5 Å². The Balaban J connectivity index is 2.24. The van der Waals surface area contributed by atoms with Crippen LogP contribution < -0.4 is 4.89 Å². The number of carbonyl (C=O) groups excluding carboxylic acids is 1. The van der Waals surface area contributed by atoms with Crippen molar-refractivity contribution in [2.45, 2.75) is 206 Å². The van der Waals surface area contributed by atoms with Crippen LogP contribution in [-0.2, 0) is 32.6 Å². The van der Waals surface area contributed by atoms with Crippen LogP contribution in [0.2, 0.25) is 0 Å². The summed E-state index contributed by atoms with van der Waals surface area (Å²) < 4.78 is 40.1. The fraction of sp³-hybridized carbons (Fsp3) is 0.886. The Bertz CT molecular complexity index is 984. The summed E-state index contributed by atoms with van der Waals surface area (Å²) >= 11 is 0. The van der Waals surface area contributed by atoms with E-state index < -0.39 is 13.9 Å². The predicted octanol–water partition coefficient (Wildman–Crippen LogP) is 11.5. The van der Waals surface area contributed by atoms with Crippen molar-refractivity contribution in [3.63, 3.8) is 0 Å². The Morgan fingerprint density at radius 2 is 1.22 bits per heavy atom. The van der Waals surface area contributed by atoms with Crippen molar-refractivity contribution in [3.05, 3.63) is 24.5 Å². The number of phosphoric acid groups is 1. The van der Waals surface area contributed by atoms with Crippen molar-refractivity contribution < 1.29 is 42.0 Å². The van der Waals surface area contributed by atoms with E-state index in [9.17, 15) is 14.3 Å². The second kappa shape index (κ2) is 33.9. The Hall–Kier alpha value is -1.22. The summed E-state index contributed by atoms with van der Waals surface area (Å²) in [5.74, 6) is -0.372. The maximum Gasteiger partial charge on any atom is 0.306 e. The van der Waals surface area contributed by atoms with Gasteiger partial charge >= 0.3 is 5.97 Å². The van der Waals surface area contributed by atoms with Crippen molar-refractivity contribution >= 4 is 13.8 Å². The molecule has 0 amide bonds. The third-order valence-corrected chi connectivity index (χ3v) is 11.0. The molecule has 1 saturated heterocycles. The van der Waals surface area contributed by atoms with Gasteiger partial charge in [-0.15, -0.1) is 0 Å². The Morgan fingerprint density at radius 3 is 1.81 bits per heavy atom.